The fourth-order valence-electron chi connectivity index (χ4n) is 2.50. The van der Waals surface area contributed by atoms with Gasteiger partial charge in [-0.2, -0.15) is 0 Å². The summed E-state index contributed by atoms with van der Waals surface area (Å²) >= 11 is 14.1. The van der Waals surface area contributed by atoms with E-state index in [0.29, 0.717) is 0 Å². The first-order valence-electron chi connectivity index (χ1n) is 7.87. The minimum absolute atomic E-state index is 0.901. The molecule has 0 aliphatic carbocycles. The fraction of sp³-hybridized carbons (Fsp3) is 0.278. The number of hydrogen-bond acceptors (Lipinski definition) is 2. The Balaban J connectivity index is 2.48. The van der Waals surface area contributed by atoms with Crippen molar-refractivity contribution in [1.29, 1.82) is 0 Å². The average molecular weight is 1070 g/mol. The zero-order chi connectivity index (χ0) is 21.5. The lowest BCUT2D eigenvalue weighted by molar-refractivity contribution is 0.689. The average Bonchev–Trinajstić information content (AvgIpc) is 2.67. The Labute approximate surface area is 250 Å². The number of aliphatic imine (C=N–C) groups is 1. The molecule has 3 nitrogen and oxygen atoms in total. The molecule has 0 saturated heterocycles. The highest BCUT2D eigenvalue weighted by molar-refractivity contribution is 14.1. The molecule has 0 heterocycles. The zero-order valence-corrected chi connectivity index (χ0v) is 29.3. The van der Waals surface area contributed by atoms with Gasteiger partial charge in [-0.25, -0.2) is 9.20 Å². The van der Waals surface area contributed by atoms with E-state index in [1.807, 2.05) is 11.4 Å². The van der Waals surface area contributed by atoms with Crippen LogP contribution in [0.25, 0.3) is 0 Å². The van der Waals surface area contributed by atoms with E-state index in [9.17, 15) is 4.21 Å². The molecule has 152 valence electrons. The van der Waals surface area contributed by atoms with Crippen LogP contribution >= 0.6 is 136 Å². The molecule has 0 spiro atoms. The Morgan fingerprint density at radius 2 is 1.07 bits per heavy atom. The Morgan fingerprint density at radius 1 is 0.714 bits per heavy atom. The number of nitrogens with zero attached hydrogens (tertiary/aromatic N) is 2. The molecule has 0 bridgehead atoms. The van der Waals surface area contributed by atoms with Crippen LogP contribution in [0.4, 0.5) is 11.4 Å². The highest BCUT2D eigenvalue weighted by Gasteiger charge is 2.21. The van der Waals surface area contributed by atoms with Gasteiger partial charge in [-0.05, 0) is 185 Å². The summed E-state index contributed by atoms with van der Waals surface area (Å²) in [6, 6.07) is 0. The second-order valence-corrected chi connectivity index (χ2v) is 13.9. The van der Waals surface area contributed by atoms with Crippen molar-refractivity contribution >= 4 is 163 Å². The lowest BCUT2D eigenvalue weighted by atomic mass is 10.1. The van der Waals surface area contributed by atoms with Crippen molar-refractivity contribution in [3.8, 4) is 0 Å². The van der Waals surface area contributed by atoms with Gasteiger partial charge in [0.15, 0.2) is 11.0 Å². The van der Waals surface area contributed by atoms with Crippen molar-refractivity contribution in [2.45, 2.75) is 27.7 Å². The van der Waals surface area contributed by atoms with Gasteiger partial charge in [-0.1, -0.05) is 0 Å². The number of anilines is 1. The third-order valence-corrected chi connectivity index (χ3v) is 13.8. The monoisotopic (exact) mass is 1070 g/mol. The molecule has 0 radical (unpaired) electrons. The van der Waals surface area contributed by atoms with Crippen molar-refractivity contribution in [2.24, 2.45) is 4.99 Å². The van der Waals surface area contributed by atoms with Gasteiger partial charge in [0, 0.05) is 28.5 Å². The molecule has 0 aliphatic heterocycles. The number of hydrogen-bond donors (Lipinski definition) is 0. The Bertz CT molecular complexity index is 964. The van der Waals surface area contributed by atoms with Crippen LogP contribution in [0.3, 0.4) is 0 Å². The molecule has 2 aromatic carbocycles. The molecule has 28 heavy (non-hydrogen) atoms. The Morgan fingerprint density at radius 3 is 1.46 bits per heavy atom. The quantitative estimate of drug-likeness (QED) is 0.174. The van der Waals surface area contributed by atoms with E-state index in [4.69, 9.17) is 0 Å². The van der Waals surface area contributed by atoms with Gasteiger partial charge in [0.05, 0.1) is 11.4 Å². The second kappa shape index (κ2) is 11.0. The van der Waals surface area contributed by atoms with Gasteiger partial charge < -0.3 is 0 Å². The van der Waals surface area contributed by atoms with Crippen LogP contribution in [0.1, 0.15) is 22.3 Å². The van der Waals surface area contributed by atoms with Gasteiger partial charge >= 0.3 is 0 Å². The summed E-state index contributed by atoms with van der Waals surface area (Å²) in [6.45, 7) is 8.44. The fourth-order valence-corrected chi connectivity index (χ4v) is 10.9. The second-order valence-electron chi connectivity index (χ2n) is 6.09. The van der Waals surface area contributed by atoms with E-state index in [1.165, 1.54) is 29.4 Å². The van der Waals surface area contributed by atoms with Gasteiger partial charge in [0.2, 0.25) is 0 Å². The first kappa shape index (κ1) is 26.7. The molecule has 2 aromatic rings. The van der Waals surface area contributed by atoms with Crippen LogP contribution in [0.5, 0.6) is 0 Å². The first-order chi connectivity index (χ1) is 12.9. The summed E-state index contributed by atoms with van der Waals surface area (Å²) in [5.41, 5.74) is 8.35. The zero-order valence-electron chi connectivity index (χ0n) is 15.6. The number of halogens is 6. The largest absolute Gasteiger partial charge is 0.288 e. The molecule has 0 saturated carbocycles. The molecule has 0 fully saturated rings. The first-order valence-corrected chi connectivity index (χ1v) is 15.5. The lowest BCUT2D eigenvalue weighted by Gasteiger charge is -2.23. The molecule has 0 aliphatic rings. The molecule has 0 N–H and O–H groups in total. The smallest absolute Gasteiger partial charge is 0.164 e. The SMILES string of the molecule is Cc1c(I)c(C)c(I)c(N=CS(=O)N(C)c2c(I)c(C)c(I)c(C)c2I)c1I. The summed E-state index contributed by atoms with van der Waals surface area (Å²) in [4.78, 5) is 4.64. The van der Waals surface area contributed by atoms with Crippen LogP contribution in [0.15, 0.2) is 4.99 Å². The topological polar surface area (TPSA) is 32.7 Å². The van der Waals surface area contributed by atoms with Crippen molar-refractivity contribution < 1.29 is 4.21 Å². The Kier molecular flexibility index (Phi) is 10.5. The van der Waals surface area contributed by atoms with Crippen LogP contribution < -0.4 is 4.31 Å². The van der Waals surface area contributed by atoms with E-state index in [0.717, 1.165) is 25.7 Å². The van der Waals surface area contributed by atoms with Crippen LogP contribution in [0.2, 0.25) is 0 Å². The van der Waals surface area contributed by atoms with Gasteiger partial charge in [0.1, 0.15) is 5.55 Å². The molecule has 0 amide bonds. The minimum Gasteiger partial charge on any atom is -0.288 e. The third kappa shape index (κ3) is 5.32. The maximum Gasteiger partial charge on any atom is 0.164 e. The summed E-state index contributed by atoms with van der Waals surface area (Å²) in [7, 11) is 0.495. The molecular weight excluding hydrogens is 1050 g/mol. The highest BCUT2D eigenvalue weighted by atomic mass is 127. The van der Waals surface area contributed by atoms with Gasteiger partial charge in [-0.15, -0.1) is 0 Å². The third-order valence-electron chi connectivity index (χ3n) is 4.32. The summed E-state index contributed by atoms with van der Waals surface area (Å²) in [6.07, 6.45) is 0. The lowest BCUT2D eigenvalue weighted by Crippen LogP contribution is -2.24. The van der Waals surface area contributed by atoms with Crippen LogP contribution in [-0.2, 0) is 11.0 Å². The van der Waals surface area contributed by atoms with Crippen molar-refractivity contribution in [2.75, 3.05) is 11.4 Å². The van der Waals surface area contributed by atoms with Gasteiger partial charge in [0.25, 0.3) is 0 Å². The van der Waals surface area contributed by atoms with Gasteiger partial charge in [-0.3, -0.25) is 4.31 Å². The summed E-state index contributed by atoms with van der Waals surface area (Å²) < 4.78 is 21.9. The predicted molar refractivity (Wildman–Crippen MR) is 173 cm³/mol. The molecular formula is C18H16I6N2OS. The molecule has 10 heteroatoms. The molecule has 0 aromatic heterocycles. The van der Waals surface area contributed by atoms with Crippen LogP contribution in [-0.4, -0.2) is 16.8 Å². The maximum atomic E-state index is 13.1. The van der Waals surface area contributed by atoms with E-state index in [2.05, 4.69) is 168 Å². The van der Waals surface area contributed by atoms with Crippen molar-refractivity contribution in [3.05, 3.63) is 43.7 Å². The predicted octanol–water partition coefficient (Wildman–Crippen LogP) is 8.01. The summed E-state index contributed by atoms with van der Waals surface area (Å²) in [5.74, 6) is 0. The van der Waals surface area contributed by atoms with E-state index >= 15 is 0 Å². The van der Waals surface area contributed by atoms with E-state index in [-0.39, 0.29) is 0 Å². The molecule has 1 unspecified atom stereocenters. The van der Waals surface area contributed by atoms with E-state index < -0.39 is 11.0 Å². The van der Waals surface area contributed by atoms with Crippen molar-refractivity contribution in [1.82, 2.24) is 0 Å². The molecule has 2 rings (SSSR count). The standard InChI is InChI=1S/C18H16I6N2OS/c1-7-11(19)8(2)14(22)17(13(7)21)25-6-28(27)26(5)18-15(23)9(3)12(20)10(4)16(18)24/h6H,1-5H3. The normalized spacial score (nSPS) is 12.7. The summed E-state index contributed by atoms with van der Waals surface area (Å²) in [5, 5.41) is 0. The number of benzene rings is 2. The molecule has 1 atom stereocenters. The van der Waals surface area contributed by atoms with E-state index in [1.54, 1.807) is 5.55 Å². The highest BCUT2D eigenvalue weighted by Crippen LogP contribution is 2.38. The number of rotatable bonds is 4. The maximum absolute atomic E-state index is 13.1. The minimum atomic E-state index is -1.37. The van der Waals surface area contributed by atoms with Crippen molar-refractivity contribution in [3.63, 3.8) is 0 Å². The van der Waals surface area contributed by atoms with Crippen LogP contribution in [0, 0.1) is 49.1 Å². The Hall–Kier alpha value is 2.44.